The molecule has 0 saturated heterocycles. The van der Waals surface area contributed by atoms with Gasteiger partial charge in [0, 0.05) is 23.0 Å². The van der Waals surface area contributed by atoms with Gasteiger partial charge in [-0.05, 0) is 31.7 Å². The molecule has 0 bridgehead atoms. The van der Waals surface area contributed by atoms with Gasteiger partial charge in [-0.3, -0.25) is 4.68 Å². The maximum absolute atomic E-state index is 4.33. The highest BCUT2D eigenvalue weighted by Gasteiger charge is 2.38. The predicted octanol–water partition coefficient (Wildman–Crippen LogP) is 2.93. The van der Waals surface area contributed by atoms with Gasteiger partial charge < -0.3 is 0 Å². The molecular formula is C11H17BrN2. The summed E-state index contributed by atoms with van der Waals surface area (Å²) in [6.45, 7) is 4.52. The third-order valence-corrected chi connectivity index (χ3v) is 4.16. The molecule has 2 atom stereocenters. The Morgan fingerprint density at radius 3 is 2.79 bits per heavy atom. The first-order valence-electron chi connectivity index (χ1n) is 5.16. The van der Waals surface area contributed by atoms with Gasteiger partial charge in [-0.15, -0.1) is 0 Å². The van der Waals surface area contributed by atoms with E-state index in [0.717, 1.165) is 0 Å². The number of aryl methyl sites for hydroxylation is 2. The van der Waals surface area contributed by atoms with Crippen LogP contribution in [0.1, 0.15) is 37.4 Å². The van der Waals surface area contributed by atoms with Crippen LogP contribution in [-0.2, 0) is 12.5 Å². The normalized spacial score (nSPS) is 32.4. The number of nitrogens with zero attached hydrogens (tertiary/aromatic N) is 2. The first-order chi connectivity index (χ1) is 6.53. The van der Waals surface area contributed by atoms with Crippen LogP contribution in [0.5, 0.6) is 0 Å². The summed E-state index contributed by atoms with van der Waals surface area (Å²) in [5.74, 6) is 0. The monoisotopic (exact) mass is 256 g/mol. The molecule has 14 heavy (non-hydrogen) atoms. The van der Waals surface area contributed by atoms with Crippen LogP contribution in [0.25, 0.3) is 0 Å². The van der Waals surface area contributed by atoms with Crippen molar-refractivity contribution in [2.75, 3.05) is 0 Å². The number of hydrogen-bond acceptors (Lipinski definition) is 1. The maximum Gasteiger partial charge on any atom is 0.0521 e. The van der Waals surface area contributed by atoms with Crippen molar-refractivity contribution >= 4 is 15.9 Å². The molecule has 0 amide bonds. The largest absolute Gasteiger partial charge is 0.272 e. The molecule has 78 valence electrons. The number of alkyl halides is 1. The summed E-state index contributed by atoms with van der Waals surface area (Å²) in [5, 5.41) is 4.33. The Labute approximate surface area is 93.8 Å². The van der Waals surface area contributed by atoms with E-state index in [2.05, 4.69) is 41.9 Å². The molecule has 0 spiro atoms. The van der Waals surface area contributed by atoms with Gasteiger partial charge in [0.1, 0.15) is 0 Å². The fraction of sp³-hybridized carbons (Fsp3) is 0.727. The van der Waals surface area contributed by atoms with Crippen LogP contribution in [0, 0.1) is 6.92 Å². The Morgan fingerprint density at radius 2 is 2.36 bits per heavy atom. The van der Waals surface area contributed by atoms with Crippen molar-refractivity contribution in [3.63, 3.8) is 0 Å². The second kappa shape index (κ2) is 3.37. The number of aromatic nitrogens is 2. The quantitative estimate of drug-likeness (QED) is 0.707. The highest BCUT2D eigenvalue weighted by Crippen LogP contribution is 2.44. The summed E-state index contributed by atoms with van der Waals surface area (Å²) in [7, 11) is 2.05. The van der Waals surface area contributed by atoms with Crippen LogP contribution in [0.3, 0.4) is 0 Å². The Balaban J connectivity index is 2.39. The number of rotatable bonds is 1. The zero-order chi connectivity index (χ0) is 10.3. The van der Waals surface area contributed by atoms with E-state index in [1.54, 1.807) is 0 Å². The topological polar surface area (TPSA) is 17.8 Å². The van der Waals surface area contributed by atoms with Gasteiger partial charge >= 0.3 is 0 Å². The van der Waals surface area contributed by atoms with Crippen LogP contribution in [0.4, 0.5) is 0 Å². The molecule has 1 aliphatic rings. The lowest BCUT2D eigenvalue weighted by Gasteiger charge is -2.25. The van der Waals surface area contributed by atoms with Crippen molar-refractivity contribution in [3.05, 3.63) is 17.5 Å². The summed E-state index contributed by atoms with van der Waals surface area (Å²) in [6.07, 6.45) is 5.75. The summed E-state index contributed by atoms with van der Waals surface area (Å²) >= 11 is 3.72. The summed E-state index contributed by atoms with van der Waals surface area (Å²) < 4.78 is 2.04. The second-order valence-electron chi connectivity index (χ2n) is 4.70. The Morgan fingerprint density at radius 1 is 1.64 bits per heavy atom. The molecular weight excluding hydrogens is 240 g/mol. The molecule has 2 unspecified atom stereocenters. The fourth-order valence-corrected chi connectivity index (χ4v) is 3.74. The minimum atomic E-state index is 0.323. The lowest BCUT2D eigenvalue weighted by molar-refractivity contribution is 0.447. The Hall–Kier alpha value is -0.310. The summed E-state index contributed by atoms with van der Waals surface area (Å²) in [6, 6.07) is 0. The molecule has 1 heterocycles. The number of halogens is 1. The minimum Gasteiger partial charge on any atom is -0.272 e. The average Bonchev–Trinajstić information content (AvgIpc) is 2.58. The van der Waals surface area contributed by atoms with Crippen molar-refractivity contribution in [1.29, 1.82) is 0 Å². The fourth-order valence-electron chi connectivity index (χ4n) is 2.80. The Kier molecular flexibility index (Phi) is 2.46. The SMILES string of the molecule is Cc1cnn(C)c1C1(C)CCC(Br)C1. The molecule has 2 rings (SSSR count). The average molecular weight is 257 g/mol. The number of hydrogen-bond donors (Lipinski definition) is 0. The van der Waals surface area contributed by atoms with Gasteiger partial charge in [-0.2, -0.15) is 5.10 Å². The van der Waals surface area contributed by atoms with E-state index < -0.39 is 0 Å². The van der Waals surface area contributed by atoms with Gasteiger partial charge in [-0.1, -0.05) is 22.9 Å². The van der Waals surface area contributed by atoms with Crippen molar-refractivity contribution < 1.29 is 0 Å². The highest BCUT2D eigenvalue weighted by molar-refractivity contribution is 9.09. The molecule has 0 radical (unpaired) electrons. The molecule has 1 aliphatic carbocycles. The van der Waals surface area contributed by atoms with Crippen molar-refractivity contribution in [1.82, 2.24) is 9.78 Å². The van der Waals surface area contributed by atoms with E-state index in [0.29, 0.717) is 10.2 Å². The second-order valence-corrected chi connectivity index (χ2v) is 6.00. The van der Waals surface area contributed by atoms with Crippen LogP contribution in [0.2, 0.25) is 0 Å². The van der Waals surface area contributed by atoms with Crippen LogP contribution < -0.4 is 0 Å². The van der Waals surface area contributed by atoms with E-state index in [1.807, 2.05) is 10.9 Å². The standard InChI is InChI=1S/C11H17BrN2/c1-8-7-13-14(3)10(8)11(2)5-4-9(12)6-11/h7,9H,4-6H2,1-3H3. The van der Waals surface area contributed by atoms with Gasteiger partial charge in [0.05, 0.1) is 6.20 Å². The third kappa shape index (κ3) is 1.52. The summed E-state index contributed by atoms with van der Waals surface area (Å²) in [4.78, 5) is 0.682. The summed E-state index contributed by atoms with van der Waals surface area (Å²) in [5.41, 5.74) is 3.07. The molecule has 1 aromatic heterocycles. The van der Waals surface area contributed by atoms with Gasteiger partial charge in [0.2, 0.25) is 0 Å². The maximum atomic E-state index is 4.33. The zero-order valence-electron chi connectivity index (χ0n) is 9.05. The van der Waals surface area contributed by atoms with Gasteiger partial charge in [0.15, 0.2) is 0 Å². The lowest BCUT2D eigenvalue weighted by atomic mass is 9.83. The van der Waals surface area contributed by atoms with E-state index in [1.165, 1.54) is 30.5 Å². The smallest absolute Gasteiger partial charge is 0.0521 e. The van der Waals surface area contributed by atoms with Crippen LogP contribution in [-0.4, -0.2) is 14.6 Å². The van der Waals surface area contributed by atoms with Gasteiger partial charge in [0.25, 0.3) is 0 Å². The van der Waals surface area contributed by atoms with Crippen LogP contribution in [0.15, 0.2) is 6.20 Å². The van der Waals surface area contributed by atoms with E-state index in [4.69, 9.17) is 0 Å². The van der Waals surface area contributed by atoms with Gasteiger partial charge in [-0.25, -0.2) is 0 Å². The lowest BCUT2D eigenvalue weighted by Crippen LogP contribution is -2.23. The molecule has 1 fully saturated rings. The molecule has 1 saturated carbocycles. The van der Waals surface area contributed by atoms with Crippen LogP contribution >= 0.6 is 15.9 Å². The van der Waals surface area contributed by atoms with Crippen molar-refractivity contribution in [2.24, 2.45) is 7.05 Å². The third-order valence-electron chi connectivity index (χ3n) is 3.37. The first kappa shape index (κ1) is 10.2. The van der Waals surface area contributed by atoms with Crippen molar-refractivity contribution in [2.45, 2.75) is 43.4 Å². The van der Waals surface area contributed by atoms with Crippen molar-refractivity contribution in [3.8, 4) is 0 Å². The first-order valence-corrected chi connectivity index (χ1v) is 6.08. The minimum absolute atomic E-state index is 0.323. The zero-order valence-corrected chi connectivity index (χ0v) is 10.6. The van der Waals surface area contributed by atoms with E-state index in [-0.39, 0.29) is 0 Å². The van der Waals surface area contributed by atoms with E-state index >= 15 is 0 Å². The Bertz CT molecular complexity index is 326. The predicted molar refractivity (Wildman–Crippen MR) is 61.9 cm³/mol. The van der Waals surface area contributed by atoms with E-state index in [9.17, 15) is 0 Å². The molecule has 0 aliphatic heterocycles. The molecule has 1 aromatic rings. The molecule has 0 N–H and O–H groups in total. The molecule has 3 heteroatoms. The highest BCUT2D eigenvalue weighted by atomic mass is 79.9. The molecule has 2 nitrogen and oxygen atoms in total. The molecule has 0 aromatic carbocycles.